The maximum Gasteiger partial charge on any atom is 0.129 e. The first-order valence-electron chi connectivity index (χ1n) is 6.63. The molecule has 1 saturated heterocycles. The van der Waals surface area contributed by atoms with Gasteiger partial charge in [-0.3, -0.25) is 4.90 Å². The van der Waals surface area contributed by atoms with Gasteiger partial charge in [0.25, 0.3) is 0 Å². The van der Waals surface area contributed by atoms with Gasteiger partial charge in [0.1, 0.15) is 11.6 Å². The van der Waals surface area contributed by atoms with E-state index in [-0.39, 0.29) is 12.1 Å². The molecule has 0 aromatic heterocycles. The molecule has 1 fully saturated rings. The van der Waals surface area contributed by atoms with Crippen LogP contribution in [0, 0.1) is 11.6 Å². The Kier molecular flexibility index (Phi) is 4.85. The van der Waals surface area contributed by atoms with Gasteiger partial charge >= 0.3 is 0 Å². The molecule has 0 spiro atoms. The van der Waals surface area contributed by atoms with Crippen LogP contribution in [0.5, 0.6) is 0 Å². The monoisotopic (exact) mass is 270 g/mol. The molecule has 3 nitrogen and oxygen atoms in total. The molecule has 5 heteroatoms. The van der Waals surface area contributed by atoms with Gasteiger partial charge in [-0.2, -0.15) is 0 Å². The van der Waals surface area contributed by atoms with E-state index in [2.05, 4.69) is 11.8 Å². The fraction of sp³-hybridized carbons (Fsp3) is 0.571. The summed E-state index contributed by atoms with van der Waals surface area (Å²) in [6.45, 7) is 5.37. The summed E-state index contributed by atoms with van der Waals surface area (Å²) in [5, 5.41) is 0. The van der Waals surface area contributed by atoms with Gasteiger partial charge in [0.05, 0.1) is 12.7 Å². The highest BCUT2D eigenvalue weighted by Gasteiger charge is 2.25. The summed E-state index contributed by atoms with van der Waals surface area (Å²) in [5.41, 5.74) is 6.53. The van der Waals surface area contributed by atoms with Gasteiger partial charge in [-0.15, -0.1) is 0 Å². The summed E-state index contributed by atoms with van der Waals surface area (Å²) in [6.07, 6.45) is 0.257. The van der Waals surface area contributed by atoms with Crippen molar-refractivity contribution in [2.45, 2.75) is 25.5 Å². The van der Waals surface area contributed by atoms with E-state index in [0.717, 1.165) is 25.7 Å². The van der Waals surface area contributed by atoms with Crippen molar-refractivity contribution >= 4 is 0 Å². The van der Waals surface area contributed by atoms with Gasteiger partial charge in [-0.25, -0.2) is 8.78 Å². The van der Waals surface area contributed by atoms with Crippen LogP contribution in [0.15, 0.2) is 18.2 Å². The van der Waals surface area contributed by atoms with Crippen LogP contribution in [-0.4, -0.2) is 43.3 Å². The summed E-state index contributed by atoms with van der Waals surface area (Å²) in [5.74, 6) is -1.11. The number of nitrogens with two attached hydrogens (primary N) is 1. The molecular weight excluding hydrogens is 250 g/mol. The number of hydrogen-bond donors (Lipinski definition) is 1. The van der Waals surface area contributed by atoms with E-state index in [1.807, 2.05) is 0 Å². The maximum atomic E-state index is 13.6. The topological polar surface area (TPSA) is 38.5 Å². The van der Waals surface area contributed by atoms with Gasteiger partial charge in [0.2, 0.25) is 0 Å². The third-order valence-electron chi connectivity index (χ3n) is 3.57. The van der Waals surface area contributed by atoms with E-state index in [9.17, 15) is 8.78 Å². The summed E-state index contributed by atoms with van der Waals surface area (Å²) in [6, 6.07) is 3.31. The molecule has 1 aliphatic rings. The van der Waals surface area contributed by atoms with Crippen LogP contribution in [0.2, 0.25) is 0 Å². The number of halogens is 2. The van der Waals surface area contributed by atoms with Gasteiger partial charge in [0, 0.05) is 25.2 Å². The second-order valence-corrected chi connectivity index (χ2v) is 4.91. The minimum absolute atomic E-state index is 0.0989. The molecule has 19 heavy (non-hydrogen) atoms. The summed E-state index contributed by atoms with van der Waals surface area (Å²) in [4.78, 5) is 2.26. The molecule has 1 heterocycles. The number of ether oxygens (including phenoxy) is 1. The van der Waals surface area contributed by atoms with Crippen LogP contribution in [0.1, 0.15) is 12.5 Å². The minimum Gasteiger partial charge on any atom is -0.374 e. The molecule has 2 rings (SSSR count). The fourth-order valence-corrected chi connectivity index (χ4v) is 2.35. The standard InChI is InChI=1S/C14H20F2N2O/c1-2-18-5-6-19-14(9-18)13(17)7-10-3-4-11(15)8-12(10)16/h3-4,8,13-14H,2,5-7,9,17H2,1H3. The molecular formula is C14H20F2N2O. The van der Waals surface area contributed by atoms with Crippen molar-refractivity contribution in [2.24, 2.45) is 5.73 Å². The van der Waals surface area contributed by atoms with Gasteiger partial charge in [-0.05, 0) is 24.6 Å². The molecule has 0 aliphatic carbocycles. The quantitative estimate of drug-likeness (QED) is 0.902. The van der Waals surface area contributed by atoms with Crippen molar-refractivity contribution in [3.05, 3.63) is 35.4 Å². The Hall–Kier alpha value is -1.04. The predicted octanol–water partition coefficient (Wildman–Crippen LogP) is 1.56. The molecule has 0 saturated carbocycles. The number of likely N-dealkylation sites (N-methyl/N-ethyl adjacent to an activating group) is 1. The molecule has 1 aromatic carbocycles. The first kappa shape index (κ1) is 14.4. The molecule has 0 bridgehead atoms. The van der Waals surface area contributed by atoms with E-state index in [1.165, 1.54) is 12.1 Å². The first-order chi connectivity index (χ1) is 9.10. The Bertz CT molecular complexity index is 428. The Morgan fingerprint density at radius 1 is 1.47 bits per heavy atom. The average Bonchev–Trinajstić information content (AvgIpc) is 2.42. The van der Waals surface area contributed by atoms with Crippen molar-refractivity contribution in [3.8, 4) is 0 Å². The number of rotatable bonds is 4. The lowest BCUT2D eigenvalue weighted by atomic mass is 10.0. The van der Waals surface area contributed by atoms with Crippen molar-refractivity contribution < 1.29 is 13.5 Å². The smallest absolute Gasteiger partial charge is 0.129 e. The molecule has 0 radical (unpaired) electrons. The third-order valence-corrected chi connectivity index (χ3v) is 3.57. The average molecular weight is 270 g/mol. The van der Waals surface area contributed by atoms with Crippen LogP contribution in [0.3, 0.4) is 0 Å². The number of nitrogens with zero attached hydrogens (tertiary/aromatic N) is 1. The largest absolute Gasteiger partial charge is 0.374 e. The normalized spacial score (nSPS) is 22.4. The van der Waals surface area contributed by atoms with E-state index in [4.69, 9.17) is 10.5 Å². The van der Waals surface area contributed by atoms with Gasteiger partial charge in [0.15, 0.2) is 0 Å². The molecule has 1 aliphatic heterocycles. The SMILES string of the molecule is CCN1CCOC(C(N)Cc2ccc(F)cc2F)C1. The minimum atomic E-state index is -0.569. The Morgan fingerprint density at radius 2 is 2.26 bits per heavy atom. The molecule has 2 atom stereocenters. The van der Waals surface area contributed by atoms with Crippen LogP contribution in [0.4, 0.5) is 8.78 Å². The van der Waals surface area contributed by atoms with Crippen LogP contribution >= 0.6 is 0 Å². The van der Waals surface area contributed by atoms with Crippen molar-refractivity contribution in [1.82, 2.24) is 4.90 Å². The lowest BCUT2D eigenvalue weighted by molar-refractivity contribution is -0.0386. The molecule has 1 aromatic rings. The highest BCUT2D eigenvalue weighted by Crippen LogP contribution is 2.15. The maximum absolute atomic E-state index is 13.6. The van der Waals surface area contributed by atoms with E-state index in [1.54, 1.807) is 0 Å². The molecule has 2 unspecified atom stereocenters. The predicted molar refractivity (Wildman–Crippen MR) is 69.9 cm³/mol. The molecule has 0 amide bonds. The van der Waals surface area contributed by atoms with Crippen molar-refractivity contribution in [1.29, 1.82) is 0 Å². The summed E-state index contributed by atoms with van der Waals surface area (Å²) >= 11 is 0. The zero-order valence-electron chi connectivity index (χ0n) is 11.1. The van der Waals surface area contributed by atoms with Crippen LogP contribution in [0.25, 0.3) is 0 Å². The van der Waals surface area contributed by atoms with E-state index < -0.39 is 11.6 Å². The third kappa shape index (κ3) is 3.72. The van der Waals surface area contributed by atoms with Crippen molar-refractivity contribution in [3.63, 3.8) is 0 Å². The Labute approximate surface area is 112 Å². The second-order valence-electron chi connectivity index (χ2n) is 4.91. The lowest BCUT2D eigenvalue weighted by Crippen LogP contribution is -2.51. The van der Waals surface area contributed by atoms with Gasteiger partial charge < -0.3 is 10.5 Å². The van der Waals surface area contributed by atoms with Crippen LogP contribution < -0.4 is 5.73 Å². The zero-order chi connectivity index (χ0) is 13.8. The zero-order valence-corrected chi connectivity index (χ0v) is 11.1. The molecule has 106 valence electrons. The summed E-state index contributed by atoms with van der Waals surface area (Å²) < 4.78 is 32.1. The first-order valence-corrected chi connectivity index (χ1v) is 6.63. The number of morpholine rings is 1. The highest BCUT2D eigenvalue weighted by atomic mass is 19.1. The Morgan fingerprint density at radius 3 is 2.95 bits per heavy atom. The fourth-order valence-electron chi connectivity index (χ4n) is 2.35. The van der Waals surface area contributed by atoms with Crippen molar-refractivity contribution in [2.75, 3.05) is 26.2 Å². The van der Waals surface area contributed by atoms with E-state index >= 15 is 0 Å². The van der Waals surface area contributed by atoms with Gasteiger partial charge in [-0.1, -0.05) is 13.0 Å². The summed E-state index contributed by atoms with van der Waals surface area (Å²) in [7, 11) is 0. The lowest BCUT2D eigenvalue weighted by Gasteiger charge is -2.35. The second kappa shape index (κ2) is 6.41. The van der Waals surface area contributed by atoms with Crippen LogP contribution in [-0.2, 0) is 11.2 Å². The van der Waals surface area contributed by atoms with E-state index in [0.29, 0.717) is 18.6 Å². The highest BCUT2D eigenvalue weighted by molar-refractivity contribution is 5.20. The number of benzene rings is 1. The Balaban J connectivity index is 1.98. The number of hydrogen-bond acceptors (Lipinski definition) is 3. The molecule has 2 N–H and O–H groups in total.